The van der Waals surface area contributed by atoms with Crippen LogP contribution in [0.15, 0.2) is 42.5 Å². The van der Waals surface area contributed by atoms with Gasteiger partial charge in [0.15, 0.2) is 0 Å². The van der Waals surface area contributed by atoms with Crippen LogP contribution in [0, 0.1) is 0 Å². The molecule has 0 spiro atoms. The van der Waals surface area contributed by atoms with Crippen molar-refractivity contribution in [3.63, 3.8) is 0 Å². The van der Waals surface area contributed by atoms with E-state index in [1.165, 1.54) is 11.3 Å². The number of rotatable bonds is 8. The van der Waals surface area contributed by atoms with E-state index in [0.717, 1.165) is 14.8 Å². The van der Waals surface area contributed by atoms with Gasteiger partial charge < -0.3 is 5.32 Å². The minimum Gasteiger partial charge on any atom is -0.311 e. The molecule has 7 heteroatoms. The average molecular weight is 345 g/mol. The molecule has 1 aromatic carbocycles. The molecular weight excluding hydrogens is 328 g/mol. The van der Waals surface area contributed by atoms with Gasteiger partial charge in [0.1, 0.15) is 0 Å². The monoisotopic (exact) mass is 344 g/mol. The zero-order chi connectivity index (χ0) is 15.1. The van der Waals surface area contributed by atoms with Gasteiger partial charge in [-0.25, -0.2) is 13.1 Å². The second kappa shape index (κ2) is 7.91. The molecule has 0 aliphatic heterocycles. The fourth-order valence-corrected chi connectivity index (χ4v) is 3.73. The van der Waals surface area contributed by atoms with Gasteiger partial charge in [0.05, 0.1) is 10.1 Å². The lowest BCUT2D eigenvalue weighted by atomic mass is 10.2. The van der Waals surface area contributed by atoms with Crippen molar-refractivity contribution in [2.24, 2.45) is 0 Å². The molecule has 21 heavy (non-hydrogen) atoms. The fraction of sp³-hybridized carbons (Fsp3) is 0.286. The molecule has 0 saturated carbocycles. The topological polar surface area (TPSA) is 58.2 Å². The van der Waals surface area contributed by atoms with Crippen LogP contribution in [-0.4, -0.2) is 20.7 Å². The van der Waals surface area contributed by atoms with Crippen LogP contribution in [0.5, 0.6) is 0 Å². The maximum absolute atomic E-state index is 11.8. The molecule has 0 aliphatic rings. The van der Waals surface area contributed by atoms with Crippen molar-refractivity contribution in [2.75, 3.05) is 12.3 Å². The van der Waals surface area contributed by atoms with Gasteiger partial charge in [0.25, 0.3) is 0 Å². The van der Waals surface area contributed by atoms with Gasteiger partial charge in [0, 0.05) is 24.5 Å². The van der Waals surface area contributed by atoms with E-state index < -0.39 is 10.0 Å². The van der Waals surface area contributed by atoms with Crippen LogP contribution in [0.25, 0.3) is 0 Å². The zero-order valence-electron chi connectivity index (χ0n) is 11.4. The van der Waals surface area contributed by atoms with Crippen molar-refractivity contribution in [3.8, 4) is 0 Å². The highest BCUT2D eigenvalue weighted by atomic mass is 35.5. The van der Waals surface area contributed by atoms with Crippen molar-refractivity contribution in [1.82, 2.24) is 10.0 Å². The van der Waals surface area contributed by atoms with Gasteiger partial charge in [-0.05, 0) is 17.7 Å². The fourth-order valence-electron chi connectivity index (χ4n) is 1.73. The van der Waals surface area contributed by atoms with Crippen LogP contribution in [0.4, 0.5) is 0 Å². The highest BCUT2D eigenvalue weighted by Crippen LogP contribution is 2.20. The number of hydrogen-bond acceptors (Lipinski definition) is 4. The van der Waals surface area contributed by atoms with Gasteiger partial charge in [-0.15, -0.1) is 11.3 Å². The Bertz CT molecular complexity index is 657. The summed E-state index contributed by atoms with van der Waals surface area (Å²) < 4.78 is 27.0. The minimum atomic E-state index is -3.26. The molecule has 2 N–H and O–H groups in total. The van der Waals surface area contributed by atoms with E-state index in [2.05, 4.69) is 10.0 Å². The lowest BCUT2D eigenvalue weighted by Crippen LogP contribution is -2.31. The minimum absolute atomic E-state index is 0.0545. The van der Waals surface area contributed by atoms with E-state index in [1.807, 2.05) is 42.5 Å². The first-order valence-corrected chi connectivity index (χ1v) is 9.36. The van der Waals surface area contributed by atoms with Gasteiger partial charge in [0.2, 0.25) is 10.0 Å². The number of thiophene rings is 1. The molecule has 2 rings (SSSR count). The van der Waals surface area contributed by atoms with E-state index in [4.69, 9.17) is 11.6 Å². The Morgan fingerprint density at radius 2 is 1.81 bits per heavy atom. The Hall–Kier alpha value is -0.920. The Balaban J connectivity index is 1.69. The standard InChI is InChI=1S/C14H17ClN2O2S2/c15-14-7-6-13(20-14)11-16-8-9-21(18,19)17-10-12-4-2-1-3-5-12/h1-7,16-17H,8-11H2. The van der Waals surface area contributed by atoms with Crippen LogP contribution in [0.3, 0.4) is 0 Å². The van der Waals surface area contributed by atoms with E-state index >= 15 is 0 Å². The molecular formula is C14H17ClN2O2S2. The molecule has 0 bridgehead atoms. The maximum Gasteiger partial charge on any atom is 0.213 e. The highest BCUT2D eigenvalue weighted by molar-refractivity contribution is 7.89. The molecule has 0 fully saturated rings. The summed E-state index contributed by atoms with van der Waals surface area (Å²) in [5.41, 5.74) is 0.947. The third-order valence-electron chi connectivity index (χ3n) is 2.81. The summed E-state index contributed by atoms with van der Waals surface area (Å²) in [5.74, 6) is 0.0545. The Morgan fingerprint density at radius 3 is 2.48 bits per heavy atom. The van der Waals surface area contributed by atoms with Crippen LogP contribution < -0.4 is 10.0 Å². The third-order valence-corrected chi connectivity index (χ3v) is 5.37. The number of benzene rings is 1. The van der Waals surface area contributed by atoms with Crippen LogP contribution in [-0.2, 0) is 23.1 Å². The summed E-state index contributed by atoms with van der Waals surface area (Å²) in [6.45, 7) is 1.36. The normalized spacial score (nSPS) is 11.7. The Kier molecular flexibility index (Phi) is 6.20. The molecule has 1 aromatic heterocycles. The third kappa shape index (κ3) is 6.15. The zero-order valence-corrected chi connectivity index (χ0v) is 13.8. The lowest BCUT2D eigenvalue weighted by Gasteiger charge is -2.07. The van der Waals surface area contributed by atoms with Gasteiger partial charge in [-0.1, -0.05) is 41.9 Å². The largest absolute Gasteiger partial charge is 0.311 e. The molecule has 0 radical (unpaired) electrons. The smallest absolute Gasteiger partial charge is 0.213 e. The lowest BCUT2D eigenvalue weighted by molar-refractivity contribution is 0.576. The Morgan fingerprint density at radius 1 is 1.05 bits per heavy atom. The Labute approximate surface area is 134 Å². The second-order valence-electron chi connectivity index (χ2n) is 4.51. The predicted molar refractivity (Wildman–Crippen MR) is 88.1 cm³/mol. The number of hydrogen-bond donors (Lipinski definition) is 2. The van der Waals surface area contributed by atoms with E-state index in [9.17, 15) is 8.42 Å². The number of halogens is 1. The number of sulfonamides is 1. The van der Waals surface area contributed by atoms with Crippen LogP contribution >= 0.6 is 22.9 Å². The molecule has 0 unspecified atom stereocenters. The van der Waals surface area contributed by atoms with Gasteiger partial charge in [-0.2, -0.15) is 0 Å². The van der Waals surface area contributed by atoms with Gasteiger partial charge >= 0.3 is 0 Å². The molecule has 0 atom stereocenters. The van der Waals surface area contributed by atoms with Crippen molar-refractivity contribution < 1.29 is 8.42 Å². The summed E-state index contributed by atoms with van der Waals surface area (Å²) in [6, 6.07) is 13.2. The highest BCUT2D eigenvalue weighted by Gasteiger charge is 2.09. The first-order chi connectivity index (χ1) is 10.1. The molecule has 114 valence electrons. The molecule has 1 heterocycles. The summed E-state index contributed by atoms with van der Waals surface area (Å²) in [7, 11) is -3.26. The first-order valence-electron chi connectivity index (χ1n) is 6.51. The summed E-state index contributed by atoms with van der Waals surface area (Å²) in [4.78, 5) is 1.09. The summed E-state index contributed by atoms with van der Waals surface area (Å²) >= 11 is 7.32. The predicted octanol–water partition coefficient (Wildman–Crippen LogP) is 2.61. The number of nitrogens with one attached hydrogen (secondary N) is 2. The molecule has 0 amide bonds. The quantitative estimate of drug-likeness (QED) is 0.724. The molecule has 0 aliphatic carbocycles. The van der Waals surface area contributed by atoms with Crippen molar-refractivity contribution in [2.45, 2.75) is 13.1 Å². The van der Waals surface area contributed by atoms with E-state index in [-0.39, 0.29) is 5.75 Å². The average Bonchev–Trinajstić information content (AvgIpc) is 2.88. The maximum atomic E-state index is 11.8. The van der Waals surface area contributed by atoms with Crippen molar-refractivity contribution in [1.29, 1.82) is 0 Å². The molecule has 0 saturated heterocycles. The van der Waals surface area contributed by atoms with Crippen molar-refractivity contribution >= 4 is 33.0 Å². The first kappa shape index (κ1) is 16.5. The van der Waals surface area contributed by atoms with E-state index in [1.54, 1.807) is 0 Å². The molecule has 4 nitrogen and oxygen atoms in total. The summed E-state index contributed by atoms with van der Waals surface area (Å²) in [6.07, 6.45) is 0. The van der Waals surface area contributed by atoms with E-state index in [0.29, 0.717) is 19.6 Å². The van der Waals surface area contributed by atoms with Gasteiger partial charge in [-0.3, -0.25) is 0 Å². The summed E-state index contributed by atoms with van der Waals surface area (Å²) in [5, 5.41) is 3.10. The van der Waals surface area contributed by atoms with Crippen LogP contribution in [0.2, 0.25) is 4.34 Å². The van der Waals surface area contributed by atoms with Crippen LogP contribution in [0.1, 0.15) is 10.4 Å². The SMILES string of the molecule is O=S(=O)(CCNCc1ccc(Cl)s1)NCc1ccccc1. The second-order valence-corrected chi connectivity index (χ2v) is 8.23. The van der Waals surface area contributed by atoms with Crippen molar-refractivity contribution in [3.05, 3.63) is 57.2 Å². The molecule has 2 aromatic rings.